The zero-order valence-electron chi connectivity index (χ0n) is 10.6. The van der Waals surface area contributed by atoms with E-state index in [-0.39, 0.29) is 0 Å². The highest BCUT2D eigenvalue weighted by molar-refractivity contribution is 4.81. The van der Waals surface area contributed by atoms with Gasteiger partial charge >= 0.3 is 0 Å². The van der Waals surface area contributed by atoms with Crippen LogP contribution < -0.4 is 0 Å². The predicted molar refractivity (Wildman–Crippen MR) is 67.4 cm³/mol. The molecule has 0 unspecified atom stereocenters. The lowest BCUT2D eigenvalue weighted by molar-refractivity contribution is 0.137. The van der Waals surface area contributed by atoms with Gasteiger partial charge in [0.15, 0.2) is 0 Å². The van der Waals surface area contributed by atoms with Crippen molar-refractivity contribution in [3.63, 3.8) is 0 Å². The Hall–Kier alpha value is -0.0800. The average molecular weight is 228 g/mol. The molecule has 2 N–H and O–H groups in total. The fraction of sp³-hybridized carbons (Fsp3) is 1.00. The predicted octanol–water partition coefficient (Wildman–Crippen LogP) is 3.26. The van der Waals surface area contributed by atoms with E-state index in [1.165, 1.54) is 44.9 Å². The third-order valence-electron chi connectivity index (χ3n) is 4.14. The highest BCUT2D eigenvalue weighted by Gasteiger charge is 2.28. The van der Waals surface area contributed by atoms with Crippen LogP contribution in [-0.4, -0.2) is 23.4 Å². The molecule has 1 fully saturated rings. The number of aliphatic hydroxyl groups excluding tert-OH is 2. The summed E-state index contributed by atoms with van der Waals surface area (Å²) in [5.41, 5.74) is 0.436. The summed E-state index contributed by atoms with van der Waals surface area (Å²) in [6.07, 6.45) is 13.6. The minimum absolute atomic E-state index is 0.320. The fourth-order valence-corrected chi connectivity index (χ4v) is 3.19. The van der Waals surface area contributed by atoms with Gasteiger partial charge < -0.3 is 10.2 Å². The molecule has 0 bridgehead atoms. The molecule has 0 spiro atoms. The Labute approximate surface area is 100 Å². The van der Waals surface area contributed by atoms with Crippen LogP contribution in [0.1, 0.15) is 70.6 Å². The van der Waals surface area contributed by atoms with Crippen molar-refractivity contribution in [2.45, 2.75) is 70.6 Å². The summed E-state index contributed by atoms with van der Waals surface area (Å²) in [5.74, 6) is 0. The van der Waals surface area contributed by atoms with Crippen molar-refractivity contribution in [2.24, 2.45) is 5.41 Å². The van der Waals surface area contributed by atoms with Crippen molar-refractivity contribution in [1.29, 1.82) is 0 Å². The molecule has 2 nitrogen and oxygen atoms in total. The van der Waals surface area contributed by atoms with Gasteiger partial charge in [-0.05, 0) is 43.9 Å². The van der Waals surface area contributed by atoms with Crippen molar-refractivity contribution in [1.82, 2.24) is 0 Å². The third kappa shape index (κ3) is 4.84. The fourth-order valence-electron chi connectivity index (χ4n) is 3.19. The second-order valence-corrected chi connectivity index (χ2v) is 5.42. The van der Waals surface area contributed by atoms with E-state index in [0.29, 0.717) is 18.6 Å². The molecule has 16 heavy (non-hydrogen) atoms. The van der Waals surface area contributed by atoms with Crippen LogP contribution in [0.15, 0.2) is 0 Å². The van der Waals surface area contributed by atoms with Crippen LogP contribution >= 0.6 is 0 Å². The SMILES string of the molecule is OCCCC1(CCCO)CCCCCCC1. The quantitative estimate of drug-likeness (QED) is 0.732. The Balaban J connectivity index is 2.49. The molecule has 0 radical (unpaired) electrons. The van der Waals surface area contributed by atoms with Gasteiger partial charge in [-0.2, -0.15) is 0 Å². The lowest BCUT2D eigenvalue weighted by Gasteiger charge is -2.35. The van der Waals surface area contributed by atoms with Gasteiger partial charge in [0.05, 0.1) is 0 Å². The molecule has 0 heterocycles. The number of aliphatic hydroxyl groups is 2. The van der Waals surface area contributed by atoms with Gasteiger partial charge in [-0.3, -0.25) is 0 Å². The van der Waals surface area contributed by atoms with E-state index in [0.717, 1.165) is 25.7 Å². The molecular weight excluding hydrogens is 200 g/mol. The first-order valence-corrected chi connectivity index (χ1v) is 7.05. The van der Waals surface area contributed by atoms with Crippen LogP contribution in [-0.2, 0) is 0 Å². The normalized spacial score (nSPS) is 21.4. The first-order valence-electron chi connectivity index (χ1n) is 7.05. The van der Waals surface area contributed by atoms with Crippen molar-refractivity contribution in [3.05, 3.63) is 0 Å². The molecule has 0 saturated heterocycles. The molecule has 1 aliphatic carbocycles. The number of hydrogen-bond donors (Lipinski definition) is 2. The maximum atomic E-state index is 9.01. The Bertz CT molecular complexity index is 143. The Morgan fingerprint density at radius 3 is 1.56 bits per heavy atom. The smallest absolute Gasteiger partial charge is 0.0431 e. The number of hydrogen-bond acceptors (Lipinski definition) is 2. The summed E-state index contributed by atoms with van der Waals surface area (Å²) in [7, 11) is 0. The van der Waals surface area contributed by atoms with Gasteiger partial charge in [0, 0.05) is 13.2 Å². The van der Waals surface area contributed by atoms with Crippen LogP contribution in [0.3, 0.4) is 0 Å². The monoisotopic (exact) mass is 228 g/mol. The van der Waals surface area contributed by atoms with Gasteiger partial charge in [0.2, 0.25) is 0 Å². The van der Waals surface area contributed by atoms with E-state index >= 15 is 0 Å². The summed E-state index contributed by atoms with van der Waals surface area (Å²) < 4.78 is 0. The highest BCUT2D eigenvalue weighted by Crippen LogP contribution is 2.42. The molecule has 0 aromatic heterocycles. The maximum Gasteiger partial charge on any atom is 0.0431 e. The van der Waals surface area contributed by atoms with Crippen molar-refractivity contribution in [3.8, 4) is 0 Å². The maximum absolute atomic E-state index is 9.01. The van der Waals surface area contributed by atoms with Gasteiger partial charge in [0.25, 0.3) is 0 Å². The molecule has 0 atom stereocenters. The van der Waals surface area contributed by atoms with Gasteiger partial charge in [-0.15, -0.1) is 0 Å². The molecule has 1 rings (SSSR count). The van der Waals surface area contributed by atoms with Gasteiger partial charge in [-0.1, -0.05) is 32.1 Å². The molecule has 96 valence electrons. The lowest BCUT2D eigenvalue weighted by atomic mass is 9.70. The largest absolute Gasteiger partial charge is 0.396 e. The molecule has 2 heteroatoms. The minimum Gasteiger partial charge on any atom is -0.396 e. The van der Waals surface area contributed by atoms with Crippen LogP contribution in [0.25, 0.3) is 0 Å². The molecule has 0 aromatic rings. The summed E-state index contributed by atoms with van der Waals surface area (Å²) in [4.78, 5) is 0. The van der Waals surface area contributed by atoms with Gasteiger partial charge in [0.1, 0.15) is 0 Å². The van der Waals surface area contributed by atoms with E-state index in [1.54, 1.807) is 0 Å². The average Bonchev–Trinajstić information content (AvgIpc) is 2.27. The van der Waals surface area contributed by atoms with Crippen LogP contribution in [0.5, 0.6) is 0 Å². The highest BCUT2D eigenvalue weighted by atomic mass is 16.3. The van der Waals surface area contributed by atoms with Crippen molar-refractivity contribution in [2.75, 3.05) is 13.2 Å². The minimum atomic E-state index is 0.320. The zero-order valence-corrected chi connectivity index (χ0v) is 10.6. The molecule has 0 amide bonds. The third-order valence-corrected chi connectivity index (χ3v) is 4.14. The van der Waals surface area contributed by atoms with Crippen molar-refractivity contribution < 1.29 is 10.2 Å². The standard InChI is InChI=1S/C14H28O2/c15-12-6-10-14(11-7-13-16)8-4-2-1-3-5-9-14/h15-16H,1-13H2. The molecular formula is C14H28O2. The number of rotatable bonds is 6. The lowest BCUT2D eigenvalue weighted by Crippen LogP contribution is -2.23. The van der Waals surface area contributed by atoms with Gasteiger partial charge in [-0.25, -0.2) is 0 Å². The van der Waals surface area contributed by atoms with E-state index < -0.39 is 0 Å². The van der Waals surface area contributed by atoms with E-state index in [1.807, 2.05) is 0 Å². The Morgan fingerprint density at radius 1 is 0.688 bits per heavy atom. The van der Waals surface area contributed by atoms with E-state index in [9.17, 15) is 0 Å². The summed E-state index contributed by atoms with van der Waals surface area (Å²) in [6, 6.07) is 0. The van der Waals surface area contributed by atoms with E-state index in [4.69, 9.17) is 10.2 Å². The topological polar surface area (TPSA) is 40.5 Å². The first kappa shape index (κ1) is 14.0. The first-order chi connectivity index (χ1) is 7.83. The van der Waals surface area contributed by atoms with Crippen LogP contribution in [0.2, 0.25) is 0 Å². The second-order valence-electron chi connectivity index (χ2n) is 5.42. The van der Waals surface area contributed by atoms with Crippen LogP contribution in [0.4, 0.5) is 0 Å². The summed E-state index contributed by atoms with van der Waals surface area (Å²) in [6.45, 7) is 0.641. The van der Waals surface area contributed by atoms with Crippen molar-refractivity contribution >= 4 is 0 Å². The molecule has 1 aliphatic rings. The molecule has 0 aromatic carbocycles. The Morgan fingerprint density at radius 2 is 1.12 bits per heavy atom. The molecule has 0 aliphatic heterocycles. The molecule has 1 saturated carbocycles. The summed E-state index contributed by atoms with van der Waals surface area (Å²) >= 11 is 0. The summed E-state index contributed by atoms with van der Waals surface area (Å²) in [5, 5.41) is 18.0. The Kier molecular flexibility index (Phi) is 7.06. The second kappa shape index (κ2) is 8.08. The zero-order chi connectivity index (χ0) is 11.7. The van der Waals surface area contributed by atoms with E-state index in [2.05, 4.69) is 0 Å². The van der Waals surface area contributed by atoms with Crippen LogP contribution in [0, 0.1) is 5.41 Å².